The Balaban J connectivity index is 1.17. The maximum absolute atomic E-state index is 15.0. The summed E-state index contributed by atoms with van der Waals surface area (Å²) in [5.74, 6) is -1.30. The van der Waals surface area contributed by atoms with Crippen LogP contribution in [0, 0.1) is 5.92 Å². The number of carbonyl (C=O) groups is 4. The van der Waals surface area contributed by atoms with Crippen molar-refractivity contribution in [2.24, 2.45) is 11.1 Å². The lowest BCUT2D eigenvalue weighted by atomic mass is 9.86. The highest BCUT2D eigenvalue weighted by atomic mass is 35.5. The Bertz CT molecular complexity index is 1890. The number of oxime groups is 1. The number of hydrogen-bond acceptors (Lipinski definition) is 8. The zero-order valence-corrected chi connectivity index (χ0v) is 32.3. The molecule has 1 aromatic heterocycles. The average Bonchev–Trinajstić information content (AvgIpc) is 3.56. The number of halogens is 1. The van der Waals surface area contributed by atoms with Crippen LogP contribution in [0.25, 0.3) is 10.1 Å². The van der Waals surface area contributed by atoms with E-state index in [-0.39, 0.29) is 37.3 Å². The lowest BCUT2D eigenvalue weighted by Gasteiger charge is -2.31. The molecule has 11 nitrogen and oxygen atoms in total. The second-order valence-corrected chi connectivity index (χ2v) is 17.0. The SMILES string of the molecule is CCC[C@@H](NC(=O)C1C[C@]2(CC(c3cccc(Cl)c3)=NO2)CN1C(=O)[C@H](Cc1csc2ccccc12)NC(=O)CC1CCCCC1)C(O)C(=O)NC1CC1. The van der Waals surface area contributed by atoms with Crippen LogP contribution >= 0.6 is 22.9 Å². The second-order valence-electron chi connectivity index (χ2n) is 15.6. The first kappa shape index (κ1) is 38.3. The van der Waals surface area contributed by atoms with Gasteiger partial charge in [-0.15, -0.1) is 11.3 Å². The fraction of sp³-hybridized carbons (Fsp3) is 0.537. The van der Waals surface area contributed by atoms with Crippen molar-refractivity contribution in [2.75, 3.05) is 6.54 Å². The summed E-state index contributed by atoms with van der Waals surface area (Å²) < 4.78 is 1.08. The van der Waals surface area contributed by atoms with Crippen molar-refractivity contribution in [1.29, 1.82) is 0 Å². The maximum Gasteiger partial charge on any atom is 0.251 e. The van der Waals surface area contributed by atoms with E-state index in [1.165, 1.54) is 11.3 Å². The van der Waals surface area contributed by atoms with Crippen LogP contribution in [0.3, 0.4) is 0 Å². The molecular formula is C41H50ClN5O6S. The zero-order valence-electron chi connectivity index (χ0n) is 30.7. The van der Waals surface area contributed by atoms with E-state index in [4.69, 9.17) is 16.4 Å². The quantitative estimate of drug-likeness (QED) is 0.167. The summed E-state index contributed by atoms with van der Waals surface area (Å²) in [4.78, 5) is 63.6. The van der Waals surface area contributed by atoms with Crippen molar-refractivity contribution in [2.45, 2.75) is 126 Å². The summed E-state index contributed by atoms with van der Waals surface area (Å²) >= 11 is 7.89. The zero-order chi connectivity index (χ0) is 37.8. The van der Waals surface area contributed by atoms with Crippen molar-refractivity contribution < 1.29 is 29.1 Å². The summed E-state index contributed by atoms with van der Waals surface area (Å²) in [5, 5.41) is 28.0. The molecule has 0 radical (unpaired) electrons. The van der Waals surface area contributed by atoms with Crippen LogP contribution in [0.4, 0.5) is 0 Å². The van der Waals surface area contributed by atoms with Crippen LogP contribution in [0.5, 0.6) is 0 Å². The highest BCUT2D eigenvalue weighted by molar-refractivity contribution is 7.17. The van der Waals surface area contributed by atoms with E-state index in [1.807, 2.05) is 48.7 Å². The molecule has 5 atom stereocenters. The Morgan fingerprint density at radius 1 is 1.06 bits per heavy atom. The molecule has 2 aliphatic heterocycles. The molecule has 54 heavy (non-hydrogen) atoms. The molecule has 2 aliphatic carbocycles. The summed E-state index contributed by atoms with van der Waals surface area (Å²) in [7, 11) is 0. The highest BCUT2D eigenvalue weighted by Crippen LogP contribution is 2.40. The monoisotopic (exact) mass is 775 g/mol. The lowest BCUT2D eigenvalue weighted by Crippen LogP contribution is -2.57. The predicted octanol–water partition coefficient (Wildman–Crippen LogP) is 5.64. The fourth-order valence-corrected chi connectivity index (χ4v) is 9.43. The number of hydrogen-bond donors (Lipinski definition) is 4. The van der Waals surface area contributed by atoms with E-state index in [0.29, 0.717) is 36.4 Å². The Morgan fingerprint density at radius 2 is 1.85 bits per heavy atom. The number of amides is 4. The third kappa shape index (κ3) is 8.92. The minimum atomic E-state index is -1.45. The number of aliphatic hydroxyl groups excluding tert-OH is 1. The molecule has 4 amide bonds. The van der Waals surface area contributed by atoms with Gasteiger partial charge in [0.05, 0.1) is 18.3 Å². The van der Waals surface area contributed by atoms with Gasteiger partial charge in [-0.3, -0.25) is 19.2 Å². The van der Waals surface area contributed by atoms with Gasteiger partial charge >= 0.3 is 0 Å². The summed E-state index contributed by atoms with van der Waals surface area (Å²) in [6, 6.07) is 12.5. The van der Waals surface area contributed by atoms with Crippen LogP contribution in [0.1, 0.15) is 95.1 Å². The van der Waals surface area contributed by atoms with Crippen molar-refractivity contribution in [3.63, 3.8) is 0 Å². The molecule has 1 saturated heterocycles. The first-order chi connectivity index (χ1) is 26.1. The Hall–Kier alpha value is -4.00. The third-order valence-electron chi connectivity index (χ3n) is 11.3. The molecule has 3 fully saturated rings. The molecule has 2 unspecified atom stereocenters. The van der Waals surface area contributed by atoms with E-state index >= 15 is 0 Å². The molecular weight excluding hydrogens is 726 g/mol. The molecule has 3 heterocycles. The lowest BCUT2D eigenvalue weighted by molar-refractivity contribution is -0.142. The molecule has 4 N–H and O–H groups in total. The number of nitrogens with one attached hydrogen (secondary N) is 3. The first-order valence-electron chi connectivity index (χ1n) is 19.5. The number of likely N-dealkylation sites (tertiary alicyclic amines) is 1. The van der Waals surface area contributed by atoms with E-state index in [1.54, 1.807) is 23.5 Å². The molecule has 2 saturated carbocycles. The molecule has 3 aromatic rings. The molecule has 0 bridgehead atoms. The topological polar surface area (TPSA) is 149 Å². The number of fused-ring (bicyclic) bond motifs is 1. The van der Waals surface area contributed by atoms with Crippen LogP contribution in [0.2, 0.25) is 5.02 Å². The summed E-state index contributed by atoms with van der Waals surface area (Å²) in [6.45, 7) is 1.97. The van der Waals surface area contributed by atoms with E-state index in [2.05, 4.69) is 21.1 Å². The smallest absolute Gasteiger partial charge is 0.251 e. The number of aliphatic hydroxyl groups is 1. The number of thiophene rings is 1. The van der Waals surface area contributed by atoms with Gasteiger partial charge in [0.15, 0.2) is 11.7 Å². The van der Waals surface area contributed by atoms with Gasteiger partial charge in [-0.2, -0.15) is 0 Å². The van der Waals surface area contributed by atoms with Crippen molar-refractivity contribution >= 4 is 62.4 Å². The van der Waals surface area contributed by atoms with Crippen molar-refractivity contribution in [1.82, 2.24) is 20.9 Å². The molecule has 1 spiro atoms. The second kappa shape index (κ2) is 16.8. The molecule has 13 heteroatoms. The molecule has 2 aromatic carbocycles. The number of benzene rings is 2. The fourth-order valence-electron chi connectivity index (χ4n) is 8.27. The van der Waals surface area contributed by atoms with Crippen molar-refractivity contribution in [3.8, 4) is 0 Å². The van der Waals surface area contributed by atoms with Gasteiger partial charge in [-0.1, -0.05) is 79.7 Å². The number of rotatable bonds is 14. The normalized spacial score (nSPS) is 23.1. The largest absolute Gasteiger partial charge is 0.387 e. The standard InChI is InChI=1S/C41H50ClN5O6S/c1-2-9-31(37(49)39(51)43-29-16-17-29)45-38(50)34-22-41(21-33(46-53-41)26-12-8-13-28(42)19-26)24-47(34)40(52)32(44-36(48)18-25-10-4-3-5-11-25)20-27-23-54-35-15-7-6-14-30(27)35/h6-8,12-15,19,23,25,29,31-32,34,37,49H,2-5,9-11,16-18,20-22,24H2,1H3,(H,43,51)(H,44,48)(H,45,50)/t31-,32+,34?,37?,41-/m1/s1. The minimum absolute atomic E-state index is 0.0479. The van der Waals surface area contributed by atoms with Crippen LogP contribution in [-0.4, -0.2) is 81.8 Å². The van der Waals surface area contributed by atoms with E-state index < -0.39 is 47.6 Å². The summed E-state index contributed by atoms with van der Waals surface area (Å²) in [5.41, 5.74) is 1.38. The first-order valence-corrected chi connectivity index (χ1v) is 20.7. The van der Waals surface area contributed by atoms with E-state index in [9.17, 15) is 24.3 Å². The average molecular weight is 776 g/mol. The van der Waals surface area contributed by atoms with Gasteiger partial charge in [0.25, 0.3) is 5.91 Å². The van der Waals surface area contributed by atoms with Gasteiger partial charge in [-0.25, -0.2) is 0 Å². The molecule has 4 aliphatic rings. The Morgan fingerprint density at radius 3 is 2.61 bits per heavy atom. The van der Waals surface area contributed by atoms with Crippen LogP contribution in [-0.2, 0) is 30.4 Å². The number of carbonyl (C=O) groups excluding carboxylic acids is 4. The van der Waals surface area contributed by atoms with Gasteiger partial charge in [0.1, 0.15) is 12.1 Å². The van der Waals surface area contributed by atoms with Crippen molar-refractivity contribution in [3.05, 3.63) is 70.1 Å². The maximum atomic E-state index is 15.0. The summed E-state index contributed by atoms with van der Waals surface area (Å²) in [6.07, 6.45) is 7.68. The van der Waals surface area contributed by atoms with Crippen LogP contribution < -0.4 is 16.0 Å². The predicted molar refractivity (Wildman–Crippen MR) is 209 cm³/mol. The van der Waals surface area contributed by atoms with Crippen LogP contribution in [0.15, 0.2) is 59.1 Å². The van der Waals surface area contributed by atoms with Gasteiger partial charge in [0.2, 0.25) is 17.7 Å². The Labute approximate surface area is 325 Å². The number of nitrogens with zero attached hydrogens (tertiary/aromatic N) is 2. The third-order valence-corrected chi connectivity index (χ3v) is 12.5. The molecule has 7 rings (SSSR count). The van der Waals surface area contributed by atoms with Gasteiger partial charge in [0, 0.05) is 47.0 Å². The minimum Gasteiger partial charge on any atom is -0.387 e. The highest BCUT2D eigenvalue weighted by Gasteiger charge is 2.55. The Kier molecular flexibility index (Phi) is 11.9. The molecule has 288 valence electrons. The van der Waals surface area contributed by atoms with E-state index in [0.717, 1.165) is 59.7 Å². The van der Waals surface area contributed by atoms with Gasteiger partial charge in [-0.05, 0) is 72.6 Å². The van der Waals surface area contributed by atoms with Gasteiger partial charge < -0.3 is 30.8 Å².